The molecule has 0 saturated carbocycles. The number of alkyl halides is 1. The third-order valence-electron chi connectivity index (χ3n) is 2.29. The molecule has 0 fully saturated rings. The first kappa shape index (κ1) is 11.0. The number of halogens is 2. The lowest BCUT2D eigenvalue weighted by molar-refractivity contribution is 0.517. The fourth-order valence-corrected chi connectivity index (χ4v) is 2.47. The van der Waals surface area contributed by atoms with Gasteiger partial charge in [-0.2, -0.15) is 0 Å². The first-order chi connectivity index (χ1) is 7.18. The van der Waals surface area contributed by atoms with Crippen molar-refractivity contribution in [2.24, 2.45) is 0 Å². The molecule has 0 amide bonds. The molecule has 1 unspecified atom stereocenters. The summed E-state index contributed by atoms with van der Waals surface area (Å²) in [4.78, 5) is 0.126. The zero-order valence-corrected chi connectivity index (χ0v) is 11.4. The summed E-state index contributed by atoms with van der Waals surface area (Å²) < 4.78 is 6.54. The number of furan rings is 1. The van der Waals surface area contributed by atoms with Crippen LogP contribution in [0.15, 0.2) is 45.5 Å². The van der Waals surface area contributed by atoms with E-state index in [0.29, 0.717) is 0 Å². The average molecular weight is 330 g/mol. The Balaban J connectivity index is 2.32. The summed E-state index contributed by atoms with van der Waals surface area (Å²) in [5, 5.41) is 0. The highest BCUT2D eigenvalue weighted by Crippen LogP contribution is 2.33. The fraction of sp³-hybridized carbons (Fsp3) is 0.167. The number of hydrogen-bond donors (Lipinski definition) is 0. The molecule has 0 N–H and O–H groups in total. The maximum absolute atomic E-state index is 5.45. The van der Waals surface area contributed by atoms with Crippen molar-refractivity contribution in [3.63, 3.8) is 0 Å². The second-order valence-electron chi connectivity index (χ2n) is 3.38. The Morgan fingerprint density at radius 3 is 2.33 bits per heavy atom. The maximum Gasteiger partial charge on any atom is 0.124 e. The molecule has 0 aliphatic rings. The number of benzene rings is 1. The molecule has 3 heteroatoms. The lowest BCUT2D eigenvalue weighted by atomic mass is 10.1. The zero-order chi connectivity index (χ0) is 10.8. The van der Waals surface area contributed by atoms with Gasteiger partial charge in [-0.25, -0.2) is 0 Å². The van der Waals surface area contributed by atoms with Gasteiger partial charge in [-0.05, 0) is 36.2 Å². The van der Waals surface area contributed by atoms with E-state index in [1.165, 1.54) is 11.1 Å². The lowest BCUT2D eigenvalue weighted by Crippen LogP contribution is -1.92. The molecule has 2 aromatic rings. The Kier molecular flexibility index (Phi) is 3.32. The van der Waals surface area contributed by atoms with E-state index in [4.69, 9.17) is 4.42 Å². The monoisotopic (exact) mass is 328 g/mol. The molecule has 0 bridgehead atoms. The van der Waals surface area contributed by atoms with Gasteiger partial charge in [0, 0.05) is 4.47 Å². The van der Waals surface area contributed by atoms with E-state index in [1.54, 1.807) is 6.26 Å². The SMILES string of the molecule is Cc1ccoc1C(Br)c1ccc(Br)cc1. The first-order valence-corrected chi connectivity index (χ1v) is 6.33. The minimum absolute atomic E-state index is 0.126. The van der Waals surface area contributed by atoms with Gasteiger partial charge in [0.2, 0.25) is 0 Å². The van der Waals surface area contributed by atoms with Crippen LogP contribution in [0.25, 0.3) is 0 Å². The van der Waals surface area contributed by atoms with E-state index < -0.39 is 0 Å². The summed E-state index contributed by atoms with van der Waals surface area (Å²) in [6.45, 7) is 2.05. The standard InChI is InChI=1S/C12H10Br2O/c1-8-6-7-15-12(8)11(14)9-2-4-10(13)5-3-9/h2-7,11H,1H3. The van der Waals surface area contributed by atoms with Gasteiger partial charge in [-0.3, -0.25) is 0 Å². The van der Waals surface area contributed by atoms with Gasteiger partial charge in [0.1, 0.15) is 5.76 Å². The van der Waals surface area contributed by atoms with Gasteiger partial charge >= 0.3 is 0 Å². The Labute approximate surface area is 106 Å². The van der Waals surface area contributed by atoms with E-state index in [1.807, 2.05) is 25.1 Å². The van der Waals surface area contributed by atoms with Gasteiger partial charge in [-0.15, -0.1) is 0 Å². The van der Waals surface area contributed by atoms with Crippen LogP contribution in [0.2, 0.25) is 0 Å². The molecule has 0 spiro atoms. The van der Waals surface area contributed by atoms with Crippen LogP contribution in [0, 0.1) is 6.92 Å². The van der Waals surface area contributed by atoms with Crippen molar-refractivity contribution in [3.8, 4) is 0 Å². The van der Waals surface area contributed by atoms with Crippen LogP contribution in [-0.4, -0.2) is 0 Å². The Morgan fingerprint density at radius 1 is 1.13 bits per heavy atom. The van der Waals surface area contributed by atoms with Gasteiger partial charge in [-0.1, -0.05) is 44.0 Å². The second kappa shape index (κ2) is 4.54. The van der Waals surface area contributed by atoms with Crippen LogP contribution in [0.4, 0.5) is 0 Å². The van der Waals surface area contributed by atoms with Crippen LogP contribution >= 0.6 is 31.9 Å². The molecular formula is C12H10Br2O. The average Bonchev–Trinajstić information content (AvgIpc) is 2.65. The molecule has 15 heavy (non-hydrogen) atoms. The highest BCUT2D eigenvalue weighted by Gasteiger charge is 2.15. The van der Waals surface area contributed by atoms with Crippen molar-refractivity contribution in [2.75, 3.05) is 0 Å². The molecule has 0 aliphatic carbocycles. The summed E-state index contributed by atoms with van der Waals surface area (Å²) >= 11 is 7.06. The van der Waals surface area contributed by atoms with Gasteiger partial charge in [0.25, 0.3) is 0 Å². The molecule has 2 rings (SSSR count). The molecule has 1 heterocycles. The summed E-state index contributed by atoms with van der Waals surface area (Å²) in [6.07, 6.45) is 1.72. The smallest absolute Gasteiger partial charge is 0.124 e. The number of hydrogen-bond acceptors (Lipinski definition) is 1. The molecule has 1 atom stereocenters. The first-order valence-electron chi connectivity index (χ1n) is 4.62. The zero-order valence-electron chi connectivity index (χ0n) is 8.21. The Bertz CT molecular complexity index is 445. The minimum Gasteiger partial charge on any atom is -0.468 e. The molecule has 0 aliphatic heterocycles. The summed E-state index contributed by atoms with van der Waals surface area (Å²) in [6, 6.07) is 10.2. The fourth-order valence-electron chi connectivity index (χ4n) is 1.43. The van der Waals surface area contributed by atoms with Crippen LogP contribution in [0.1, 0.15) is 21.7 Å². The van der Waals surface area contributed by atoms with Crippen molar-refractivity contribution in [1.82, 2.24) is 0 Å². The molecule has 0 radical (unpaired) electrons. The van der Waals surface area contributed by atoms with E-state index >= 15 is 0 Å². The van der Waals surface area contributed by atoms with Crippen LogP contribution < -0.4 is 0 Å². The maximum atomic E-state index is 5.45. The number of aryl methyl sites for hydroxylation is 1. The highest BCUT2D eigenvalue weighted by atomic mass is 79.9. The molecule has 1 nitrogen and oxygen atoms in total. The third-order valence-corrected chi connectivity index (χ3v) is 3.77. The normalized spacial score (nSPS) is 12.7. The Morgan fingerprint density at radius 2 is 1.80 bits per heavy atom. The van der Waals surface area contributed by atoms with Crippen molar-refractivity contribution >= 4 is 31.9 Å². The van der Waals surface area contributed by atoms with Gasteiger partial charge < -0.3 is 4.42 Å². The molecule has 1 aromatic heterocycles. The van der Waals surface area contributed by atoms with E-state index in [9.17, 15) is 0 Å². The van der Waals surface area contributed by atoms with Gasteiger partial charge in [0.05, 0.1) is 11.1 Å². The minimum atomic E-state index is 0.126. The predicted octanol–water partition coefficient (Wildman–Crippen LogP) is 4.83. The second-order valence-corrected chi connectivity index (χ2v) is 5.21. The summed E-state index contributed by atoms with van der Waals surface area (Å²) in [7, 11) is 0. The summed E-state index contributed by atoms with van der Waals surface area (Å²) in [5.41, 5.74) is 2.36. The number of rotatable bonds is 2. The van der Waals surface area contributed by atoms with Crippen LogP contribution in [0.5, 0.6) is 0 Å². The topological polar surface area (TPSA) is 13.1 Å². The van der Waals surface area contributed by atoms with Crippen molar-refractivity contribution in [3.05, 3.63) is 58.0 Å². The van der Waals surface area contributed by atoms with E-state index in [0.717, 1.165) is 10.2 Å². The van der Waals surface area contributed by atoms with E-state index in [-0.39, 0.29) is 4.83 Å². The van der Waals surface area contributed by atoms with Gasteiger partial charge in [0.15, 0.2) is 0 Å². The Hall–Kier alpha value is -0.540. The molecule has 78 valence electrons. The quantitative estimate of drug-likeness (QED) is 0.719. The van der Waals surface area contributed by atoms with E-state index in [2.05, 4.69) is 44.0 Å². The van der Waals surface area contributed by atoms with Crippen molar-refractivity contribution in [1.29, 1.82) is 0 Å². The molecular weight excluding hydrogens is 320 g/mol. The van der Waals surface area contributed by atoms with Crippen LogP contribution in [0.3, 0.4) is 0 Å². The highest BCUT2D eigenvalue weighted by molar-refractivity contribution is 9.10. The molecule has 0 saturated heterocycles. The van der Waals surface area contributed by atoms with Crippen LogP contribution in [-0.2, 0) is 0 Å². The predicted molar refractivity (Wildman–Crippen MR) is 68.4 cm³/mol. The lowest BCUT2D eigenvalue weighted by Gasteiger charge is -2.08. The summed E-state index contributed by atoms with van der Waals surface area (Å²) in [5.74, 6) is 0.970. The molecule has 1 aromatic carbocycles. The van der Waals surface area contributed by atoms with Crippen molar-refractivity contribution in [2.45, 2.75) is 11.8 Å². The third kappa shape index (κ3) is 2.34. The van der Waals surface area contributed by atoms with Crippen molar-refractivity contribution < 1.29 is 4.42 Å². The largest absolute Gasteiger partial charge is 0.468 e.